The monoisotopic (exact) mass is 280 g/mol. The lowest BCUT2D eigenvalue weighted by molar-refractivity contribution is -0.156. The van der Waals surface area contributed by atoms with Crippen molar-refractivity contribution in [2.24, 2.45) is 11.8 Å². The van der Waals surface area contributed by atoms with Crippen LogP contribution in [-0.4, -0.2) is 34.8 Å². The summed E-state index contributed by atoms with van der Waals surface area (Å²) < 4.78 is 0. The largest absolute Gasteiger partial charge is 0.340 e. The molecule has 2 amide bonds. The number of carbonyl (C=O) groups excluding carboxylic acids is 2. The topological polar surface area (TPSA) is 49.4 Å². The van der Waals surface area contributed by atoms with Gasteiger partial charge in [0.2, 0.25) is 11.8 Å². The molecule has 0 spiro atoms. The van der Waals surface area contributed by atoms with E-state index in [4.69, 9.17) is 0 Å². The zero-order valence-corrected chi connectivity index (χ0v) is 13.2. The van der Waals surface area contributed by atoms with E-state index in [0.29, 0.717) is 18.3 Å². The number of hydrogen-bond donors (Lipinski definition) is 1. The Balaban J connectivity index is 2.24. The second-order valence-electron chi connectivity index (χ2n) is 6.60. The fourth-order valence-corrected chi connectivity index (χ4v) is 3.13. The van der Waals surface area contributed by atoms with Crippen molar-refractivity contribution in [3.05, 3.63) is 0 Å². The van der Waals surface area contributed by atoms with E-state index in [9.17, 15) is 9.59 Å². The van der Waals surface area contributed by atoms with Gasteiger partial charge in [0.15, 0.2) is 0 Å². The number of piperazine rings is 1. The van der Waals surface area contributed by atoms with Gasteiger partial charge in [-0.2, -0.15) is 0 Å². The molecule has 2 atom stereocenters. The molecular formula is C16H28N2O2. The summed E-state index contributed by atoms with van der Waals surface area (Å²) in [6, 6.07) is -0.220. The van der Waals surface area contributed by atoms with E-state index in [1.807, 2.05) is 18.7 Å². The quantitative estimate of drug-likeness (QED) is 0.812. The van der Waals surface area contributed by atoms with Crippen LogP contribution in [-0.2, 0) is 9.59 Å². The minimum Gasteiger partial charge on any atom is -0.340 e. The van der Waals surface area contributed by atoms with Gasteiger partial charge < -0.3 is 10.2 Å². The van der Waals surface area contributed by atoms with Crippen molar-refractivity contribution in [3.8, 4) is 0 Å². The Morgan fingerprint density at radius 2 is 1.85 bits per heavy atom. The molecule has 1 saturated carbocycles. The molecule has 2 rings (SSSR count). The fraction of sp³-hybridized carbons (Fsp3) is 0.875. The van der Waals surface area contributed by atoms with Crippen LogP contribution in [0.25, 0.3) is 0 Å². The Bertz CT molecular complexity index is 388. The minimum absolute atomic E-state index is 0.0578. The molecule has 1 saturated heterocycles. The van der Waals surface area contributed by atoms with Crippen LogP contribution in [0.3, 0.4) is 0 Å². The van der Waals surface area contributed by atoms with Crippen molar-refractivity contribution in [2.45, 2.75) is 71.4 Å². The second kappa shape index (κ2) is 5.74. The highest BCUT2D eigenvalue weighted by Crippen LogP contribution is 2.39. The maximum Gasteiger partial charge on any atom is 0.248 e. The van der Waals surface area contributed by atoms with Crippen LogP contribution in [0.1, 0.15) is 59.8 Å². The molecule has 1 heterocycles. The average molecular weight is 280 g/mol. The summed E-state index contributed by atoms with van der Waals surface area (Å²) in [6.07, 6.45) is 4.92. The summed E-state index contributed by atoms with van der Waals surface area (Å²) in [5.41, 5.74) is -0.714. The molecule has 2 fully saturated rings. The van der Waals surface area contributed by atoms with Crippen LogP contribution in [0.4, 0.5) is 0 Å². The summed E-state index contributed by atoms with van der Waals surface area (Å²) in [4.78, 5) is 27.2. The first kappa shape index (κ1) is 15.3. The molecule has 0 aromatic heterocycles. The first-order chi connectivity index (χ1) is 9.46. The van der Waals surface area contributed by atoms with Crippen LogP contribution in [0.2, 0.25) is 0 Å². The predicted molar refractivity (Wildman–Crippen MR) is 79.1 cm³/mol. The van der Waals surface area contributed by atoms with Crippen molar-refractivity contribution in [1.29, 1.82) is 0 Å². The molecule has 2 unspecified atom stereocenters. The van der Waals surface area contributed by atoms with Crippen molar-refractivity contribution < 1.29 is 9.59 Å². The van der Waals surface area contributed by atoms with E-state index >= 15 is 0 Å². The summed E-state index contributed by atoms with van der Waals surface area (Å²) in [5, 5.41) is 2.97. The highest BCUT2D eigenvalue weighted by Gasteiger charge is 2.51. The number of nitrogens with one attached hydrogen (secondary N) is 1. The smallest absolute Gasteiger partial charge is 0.248 e. The number of rotatable bonds is 6. The molecular weight excluding hydrogens is 252 g/mol. The molecule has 1 aliphatic heterocycles. The number of hydrogen-bond acceptors (Lipinski definition) is 2. The molecule has 1 aliphatic carbocycles. The van der Waals surface area contributed by atoms with Crippen LogP contribution >= 0.6 is 0 Å². The van der Waals surface area contributed by atoms with E-state index in [-0.39, 0.29) is 17.9 Å². The summed E-state index contributed by atoms with van der Waals surface area (Å²) in [7, 11) is 0. The summed E-state index contributed by atoms with van der Waals surface area (Å²) in [5.74, 6) is 1.05. The molecule has 0 bridgehead atoms. The molecule has 0 aromatic rings. The molecule has 20 heavy (non-hydrogen) atoms. The number of amides is 2. The summed E-state index contributed by atoms with van der Waals surface area (Å²) >= 11 is 0. The first-order valence-electron chi connectivity index (χ1n) is 8.09. The number of carbonyl (C=O) groups is 2. The third-order valence-electron chi connectivity index (χ3n) is 5.12. The third-order valence-corrected chi connectivity index (χ3v) is 5.12. The molecule has 4 nitrogen and oxygen atoms in total. The SMILES string of the molecule is CCC(CC)CN1C(=O)C(C)(CC)NC(=O)C1C1CC1. The highest BCUT2D eigenvalue weighted by molar-refractivity contribution is 5.99. The van der Waals surface area contributed by atoms with Gasteiger partial charge in [0.25, 0.3) is 0 Å². The standard InChI is InChI=1S/C16H28N2O2/c1-5-11(6-2)10-18-13(12-8-9-12)14(19)17-16(4,7-3)15(18)20/h11-13H,5-10H2,1-4H3,(H,17,19). The normalized spacial score (nSPS) is 30.9. The predicted octanol–water partition coefficient (Wildman–Crippen LogP) is 2.33. The van der Waals surface area contributed by atoms with E-state index in [0.717, 1.165) is 32.2 Å². The third kappa shape index (κ3) is 2.70. The maximum absolute atomic E-state index is 12.8. The first-order valence-corrected chi connectivity index (χ1v) is 8.09. The van der Waals surface area contributed by atoms with Gasteiger partial charge in [0.05, 0.1) is 0 Å². The molecule has 1 N–H and O–H groups in total. The minimum atomic E-state index is -0.714. The fourth-order valence-electron chi connectivity index (χ4n) is 3.13. The molecule has 0 radical (unpaired) electrons. The van der Waals surface area contributed by atoms with E-state index < -0.39 is 5.54 Å². The number of nitrogens with zero attached hydrogens (tertiary/aromatic N) is 1. The van der Waals surface area contributed by atoms with Gasteiger partial charge in [0, 0.05) is 6.54 Å². The second-order valence-corrected chi connectivity index (χ2v) is 6.60. The molecule has 0 aromatic carbocycles. The lowest BCUT2D eigenvalue weighted by atomic mass is 9.89. The maximum atomic E-state index is 12.8. The van der Waals surface area contributed by atoms with Crippen molar-refractivity contribution in [3.63, 3.8) is 0 Å². The van der Waals surface area contributed by atoms with Crippen molar-refractivity contribution >= 4 is 11.8 Å². The van der Waals surface area contributed by atoms with Gasteiger partial charge in [-0.05, 0) is 38.0 Å². The zero-order chi connectivity index (χ0) is 14.9. The molecule has 2 aliphatic rings. The highest BCUT2D eigenvalue weighted by atomic mass is 16.2. The van der Waals surface area contributed by atoms with Gasteiger partial charge in [-0.15, -0.1) is 0 Å². The van der Waals surface area contributed by atoms with E-state index in [1.165, 1.54) is 0 Å². The van der Waals surface area contributed by atoms with Crippen molar-refractivity contribution in [2.75, 3.05) is 6.54 Å². The van der Waals surface area contributed by atoms with Gasteiger partial charge in [0.1, 0.15) is 11.6 Å². The lowest BCUT2D eigenvalue weighted by Crippen LogP contribution is -2.70. The van der Waals surface area contributed by atoms with Crippen LogP contribution in [0, 0.1) is 11.8 Å². The van der Waals surface area contributed by atoms with Crippen LogP contribution < -0.4 is 5.32 Å². The van der Waals surface area contributed by atoms with Crippen LogP contribution in [0.5, 0.6) is 0 Å². The Labute approximate surface area is 122 Å². The molecule has 114 valence electrons. The Kier molecular flexibility index (Phi) is 4.40. The van der Waals surface area contributed by atoms with Gasteiger partial charge in [-0.25, -0.2) is 0 Å². The Morgan fingerprint density at radius 3 is 2.30 bits per heavy atom. The Hall–Kier alpha value is -1.06. The summed E-state index contributed by atoms with van der Waals surface area (Å²) in [6.45, 7) is 8.87. The van der Waals surface area contributed by atoms with E-state index in [1.54, 1.807) is 0 Å². The van der Waals surface area contributed by atoms with Crippen molar-refractivity contribution in [1.82, 2.24) is 10.2 Å². The lowest BCUT2D eigenvalue weighted by Gasteiger charge is -2.45. The van der Waals surface area contributed by atoms with Gasteiger partial charge in [-0.3, -0.25) is 9.59 Å². The van der Waals surface area contributed by atoms with E-state index in [2.05, 4.69) is 19.2 Å². The van der Waals surface area contributed by atoms with Crippen LogP contribution in [0.15, 0.2) is 0 Å². The van der Waals surface area contributed by atoms with Gasteiger partial charge in [-0.1, -0.05) is 33.6 Å². The zero-order valence-electron chi connectivity index (χ0n) is 13.2. The van der Waals surface area contributed by atoms with Gasteiger partial charge >= 0.3 is 0 Å². The molecule has 4 heteroatoms. The Morgan fingerprint density at radius 1 is 1.25 bits per heavy atom. The average Bonchev–Trinajstić information content (AvgIpc) is 3.25.